The highest BCUT2D eigenvalue weighted by Crippen LogP contribution is 2.20. The van der Waals surface area contributed by atoms with Crippen LogP contribution in [0.3, 0.4) is 0 Å². The van der Waals surface area contributed by atoms with E-state index in [0.717, 1.165) is 5.69 Å². The fourth-order valence-corrected chi connectivity index (χ4v) is 1.95. The Morgan fingerprint density at radius 2 is 1.78 bits per heavy atom. The van der Waals surface area contributed by atoms with Gasteiger partial charge in [-0.15, -0.1) is 0 Å². The summed E-state index contributed by atoms with van der Waals surface area (Å²) in [4.78, 5) is 16.7. The number of rotatable bonds is 4. The molecule has 0 fully saturated rings. The Kier molecular flexibility index (Phi) is 4.07. The van der Waals surface area contributed by atoms with Crippen LogP contribution in [0, 0.1) is 18.3 Å². The van der Waals surface area contributed by atoms with Crippen LogP contribution in [0.1, 0.15) is 11.3 Å². The van der Waals surface area contributed by atoms with Crippen LogP contribution < -0.4 is 10.6 Å². The first-order valence-electron chi connectivity index (χ1n) is 6.89. The van der Waals surface area contributed by atoms with Gasteiger partial charge in [0.1, 0.15) is 24.0 Å². The molecule has 0 unspecified atom stereocenters. The first-order chi connectivity index (χ1) is 11.2. The minimum Gasteiger partial charge on any atom is -0.339 e. The molecule has 0 spiro atoms. The Bertz CT molecular complexity index is 870. The van der Waals surface area contributed by atoms with Gasteiger partial charge in [0, 0.05) is 18.0 Å². The molecule has 23 heavy (non-hydrogen) atoms. The van der Waals surface area contributed by atoms with E-state index >= 15 is 0 Å². The van der Waals surface area contributed by atoms with E-state index in [-0.39, 0.29) is 0 Å². The molecule has 2 N–H and O–H groups in total. The van der Waals surface area contributed by atoms with Gasteiger partial charge in [-0.2, -0.15) is 5.26 Å². The number of hydrogen-bond acceptors (Lipinski definition) is 7. The number of anilines is 4. The molecule has 0 atom stereocenters. The minimum absolute atomic E-state index is 0.465. The van der Waals surface area contributed by atoms with Crippen LogP contribution in [0.4, 0.5) is 23.3 Å². The molecule has 7 heteroatoms. The predicted molar refractivity (Wildman–Crippen MR) is 86.5 cm³/mol. The van der Waals surface area contributed by atoms with Crippen molar-refractivity contribution >= 4 is 23.3 Å². The lowest BCUT2D eigenvalue weighted by Gasteiger charge is -2.09. The van der Waals surface area contributed by atoms with E-state index < -0.39 is 0 Å². The number of para-hydroxylation sites is 1. The monoisotopic (exact) mass is 303 g/mol. The van der Waals surface area contributed by atoms with Crippen LogP contribution in [0.15, 0.2) is 48.9 Å². The summed E-state index contributed by atoms with van der Waals surface area (Å²) in [7, 11) is 0. The van der Waals surface area contributed by atoms with Crippen molar-refractivity contribution in [3.05, 3.63) is 60.2 Å². The summed E-state index contributed by atoms with van der Waals surface area (Å²) >= 11 is 0. The van der Waals surface area contributed by atoms with Crippen LogP contribution >= 0.6 is 0 Å². The normalized spacial score (nSPS) is 9.91. The number of aromatic nitrogens is 4. The molecule has 3 aromatic rings. The molecule has 0 saturated carbocycles. The summed E-state index contributed by atoms with van der Waals surface area (Å²) in [5.41, 5.74) is 2.09. The molecule has 7 nitrogen and oxygen atoms in total. The number of aryl methyl sites for hydroxylation is 1. The zero-order chi connectivity index (χ0) is 16.1. The second-order valence-electron chi connectivity index (χ2n) is 4.72. The van der Waals surface area contributed by atoms with Gasteiger partial charge < -0.3 is 10.6 Å². The average molecular weight is 303 g/mol. The number of hydrogen-bond donors (Lipinski definition) is 2. The second kappa shape index (κ2) is 6.49. The summed E-state index contributed by atoms with van der Waals surface area (Å²) < 4.78 is 0. The Balaban J connectivity index is 1.81. The molecule has 0 aliphatic rings. The highest BCUT2D eigenvalue weighted by atomic mass is 15.1. The van der Waals surface area contributed by atoms with Gasteiger partial charge in [-0.25, -0.2) is 19.9 Å². The van der Waals surface area contributed by atoms with Crippen LogP contribution in [-0.2, 0) is 0 Å². The van der Waals surface area contributed by atoms with Crippen LogP contribution in [-0.4, -0.2) is 19.9 Å². The molecular formula is C16H13N7. The summed E-state index contributed by atoms with van der Waals surface area (Å²) in [5, 5.41) is 15.2. The van der Waals surface area contributed by atoms with E-state index in [1.807, 2.05) is 31.2 Å². The first-order valence-corrected chi connectivity index (χ1v) is 6.89. The van der Waals surface area contributed by atoms with E-state index in [1.165, 1.54) is 6.33 Å². The van der Waals surface area contributed by atoms with E-state index in [1.54, 1.807) is 18.3 Å². The maximum Gasteiger partial charge on any atom is 0.228 e. The number of nitrogens with one attached hydrogen (secondary N) is 2. The molecule has 1 aromatic carbocycles. The molecule has 2 heterocycles. The molecule has 0 saturated heterocycles. The Labute approximate surface area is 133 Å². The van der Waals surface area contributed by atoms with E-state index in [2.05, 4.69) is 36.6 Å². The Morgan fingerprint density at radius 3 is 2.57 bits per heavy atom. The largest absolute Gasteiger partial charge is 0.339 e. The van der Waals surface area contributed by atoms with Crippen molar-refractivity contribution < 1.29 is 0 Å². The SMILES string of the molecule is Cc1ccnc(Nc2cc(Nc3ccccc3C#N)ncn2)n1. The number of nitriles is 1. The standard InChI is InChI=1S/C16H13N7/c1-11-6-7-18-16(21-11)23-15-8-14(19-10-20-15)22-13-5-3-2-4-12(13)9-17/h2-8,10H,1H3,(H2,18,19,20,21,22,23). The lowest BCUT2D eigenvalue weighted by molar-refractivity contribution is 1.09. The number of nitrogens with zero attached hydrogens (tertiary/aromatic N) is 5. The summed E-state index contributed by atoms with van der Waals surface area (Å²) in [6, 6.07) is 12.9. The van der Waals surface area contributed by atoms with Gasteiger partial charge in [0.15, 0.2) is 0 Å². The van der Waals surface area contributed by atoms with Gasteiger partial charge in [0.2, 0.25) is 5.95 Å². The molecule has 2 aromatic heterocycles. The quantitative estimate of drug-likeness (QED) is 0.764. The third-order valence-corrected chi connectivity index (χ3v) is 3.01. The maximum absolute atomic E-state index is 9.12. The van der Waals surface area contributed by atoms with Gasteiger partial charge in [0.05, 0.1) is 11.3 Å². The van der Waals surface area contributed by atoms with Gasteiger partial charge in [-0.1, -0.05) is 12.1 Å². The molecule has 0 bridgehead atoms. The van der Waals surface area contributed by atoms with Crippen molar-refractivity contribution in [2.45, 2.75) is 6.92 Å². The maximum atomic E-state index is 9.12. The van der Waals surface area contributed by atoms with Gasteiger partial charge in [-0.3, -0.25) is 0 Å². The fraction of sp³-hybridized carbons (Fsp3) is 0.0625. The van der Waals surface area contributed by atoms with Gasteiger partial charge in [-0.05, 0) is 25.1 Å². The third-order valence-electron chi connectivity index (χ3n) is 3.01. The van der Waals surface area contributed by atoms with E-state index in [0.29, 0.717) is 28.8 Å². The average Bonchev–Trinajstić information content (AvgIpc) is 2.56. The van der Waals surface area contributed by atoms with Crippen molar-refractivity contribution in [2.75, 3.05) is 10.6 Å². The molecule has 0 radical (unpaired) electrons. The molecule has 0 aliphatic carbocycles. The topological polar surface area (TPSA) is 99.4 Å². The highest BCUT2D eigenvalue weighted by molar-refractivity contribution is 5.66. The summed E-state index contributed by atoms with van der Waals surface area (Å²) in [5.74, 6) is 1.59. The summed E-state index contributed by atoms with van der Waals surface area (Å²) in [6.45, 7) is 1.89. The van der Waals surface area contributed by atoms with Crippen LogP contribution in [0.5, 0.6) is 0 Å². The molecule has 3 rings (SSSR count). The Hall–Kier alpha value is -3.53. The molecule has 0 aliphatic heterocycles. The van der Waals surface area contributed by atoms with Crippen LogP contribution in [0.2, 0.25) is 0 Å². The van der Waals surface area contributed by atoms with Crippen molar-refractivity contribution in [3.8, 4) is 6.07 Å². The smallest absolute Gasteiger partial charge is 0.228 e. The Morgan fingerprint density at radius 1 is 1.00 bits per heavy atom. The molecular weight excluding hydrogens is 290 g/mol. The van der Waals surface area contributed by atoms with E-state index in [4.69, 9.17) is 5.26 Å². The van der Waals surface area contributed by atoms with Crippen molar-refractivity contribution in [3.63, 3.8) is 0 Å². The molecule has 0 amide bonds. The molecule has 112 valence electrons. The van der Waals surface area contributed by atoms with Crippen LogP contribution in [0.25, 0.3) is 0 Å². The van der Waals surface area contributed by atoms with Crippen molar-refractivity contribution in [1.82, 2.24) is 19.9 Å². The summed E-state index contributed by atoms with van der Waals surface area (Å²) in [6.07, 6.45) is 3.10. The second-order valence-corrected chi connectivity index (χ2v) is 4.72. The lowest BCUT2D eigenvalue weighted by Crippen LogP contribution is -2.02. The zero-order valence-electron chi connectivity index (χ0n) is 12.4. The van der Waals surface area contributed by atoms with Gasteiger partial charge >= 0.3 is 0 Å². The highest BCUT2D eigenvalue weighted by Gasteiger charge is 2.05. The fourth-order valence-electron chi connectivity index (χ4n) is 1.95. The number of benzene rings is 1. The van der Waals surface area contributed by atoms with Gasteiger partial charge in [0.25, 0.3) is 0 Å². The zero-order valence-corrected chi connectivity index (χ0v) is 12.4. The van der Waals surface area contributed by atoms with Crippen molar-refractivity contribution in [1.29, 1.82) is 5.26 Å². The third kappa shape index (κ3) is 3.57. The van der Waals surface area contributed by atoms with E-state index in [9.17, 15) is 0 Å². The minimum atomic E-state index is 0.465. The van der Waals surface area contributed by atoms with Crippen molar-refractivity contribution in [2.24, 2.45) is 0 Å². The predicted octanol–water partition coefficient (Wildman–Crippen LogP) is 2.93. The lowest BCUT2D eigenvalue weighted by atomic mass is 10.2. The first kappa shape index (κ1) is 14.4.